The number of ether oxygens (including phenoxy) is 1. The minimum Gasteiger partial charge on any atom is -0.489 e. The molecule has 1 aromatic carbocycles. The van der Waals surface area contributed by atoms with E-state index in [1.54, 1.807) is 12.1 Å². The molecule has 0 aromatic heterocycles. The van der Waals surface area contributed by atoms with Gasteiger partial charge in [-0.2, -0.15) is 0 Å². The van der Waals surface area contributed by atoms with E-state index in [1.807, 2.05) is 13.8 Å². The number of carbonyl (C=O) groups is 2. The number of nitrogens with zero attached hydrogens (tertiary/aromatic N) is 2. The molecule has 1 fully saturated rings. The molecule has 1 aliphatic rings. The number of urea groups is 1. The summed E-state index contributed by atoms with van der Waals surface area (Å²) in [6.07, 6.45) is -0.207. The van der Waals surface area contributed by atoms with Crippen molar-refractivity contribution in [3.63, 3.8) is 0 Å². The Kier molecular flexibility index (Phi) is 7.19. The van der Waals surface area contributed by atoms with E-state index in [0.717, 1.165) is 4.90 Å². The molecule has 142 valence electrons. The minimum atomic E-state index is -0.375. The SMILES string of the molecule is CCNC(=NCC(C)Oc1ccc(F)cc1)NCCN1C(=O)CNC1=O. The summed E-state index contributed by atoms with van der Waals surface area (Å²) >= 11 is 0. The standard InChI is InChI=1S/C17H24FN5O3/c1-3-19-16(20-8-9-23-15(24)11-22-17(23)25)21-10-12(2)26-14-6-4-13(18)5-7-14/h4-7,12H,3,8-11H2,1-2H3,(H,22,25)(H2,19,20,21). The molecule has 1 aromatic rings. The molecule has 1 atom stereocenters. The average Bonchev–Trinajstić information content (AvgIpc) is 2.93. The van der Waals surface area contributed by atoms with Crippen LogP contribution in [0, 0.1) is 5.82 Å². The Morgan fingerprint density at radius 1 is 1.35 bits per heavy atom. The summed E-state index contributed by atoms with van der Waals surface area (Å²) in [5, 5.41) is 8.64. The van der Waals surface area contributed by atoms with Crippen LogP contribution < -0.4 is 20.7 Å². The van der Waals surface area contributed by atoms with Crippen molar-refractivity contribution in [2.75, 3.05) is 32.7 Å². The molecule has 1 saturated heterocycles. The smallest absolute Gasteiger partial charge is 0.324 e. The quantitative estimate of drug-likeness (QED) is 0.358. The van der Waals surface area contributed by atoms with Crippen molar-refractivity contribution in [2.45, 2.75) is 20.0 Å². The molecule has 26 heavy (non-hydrogen) atoms. The van der Waals surface area contributed by atoms with Crippen molar-refractivity contribution in [1.82, 2.24) is 20.9 Å². The molecule has 8 nitrogen and oxygen atoms in total. The molecule has 0 aliphatic carbocycles. The molecule has 0 spiro atoms. The number of hydrogen-bond donors (Lipinski definition) is 3. The molecule has 0 bridgehead atoms. The molecular weight excluding hydrogens is 341 g/mol. The normalized spacial score (nSPS) is 15.7. The van der Waals surface area contributed by atoms with Crippen molar-refractivity contribution < 1.29 is 18.7 Å². The third-order valence-corrected chi connectivity index (χ3v) is 3.57. The molecule has 1 aliphatic heterocycles. The van der Waals surface area contributed by atoms with Crippen molar-refractivity contribution in [2.24, 2.45) is 4.99 Å². The maximum atomic E-state index is 12.9. The highest BCUT2D eigenvalue weighted by molar-refractivity contribution is 6.01. The molecule has 9 heteroatoms. The number of amides is 3. The van der Waals surface area contributed by atoms with Crippen LogP contribution >= 0.6 is 0 Å². The van der Waals surface area contributed by atoms with Crippen molar-refractivity contribution in [1.29, 1.82) is 0 Å². The number of nitrogens with one attached hydrogen (secondary N) is 3. The summed E-state index contributed by atoms with van der Waals surface area (Å²) in [6, 6.07) is 5.44. The van der Waals surface area contributed by atoms with Crippen LogP contribution in [0.5, 0.6) is 5.75 Å². The van der Waals surface area contributed by atoms with Gasteiger partial charge < -0.3 is 20.7 Å². The third-order valence-electron chi connectivity index (χ3n) is 3.57. The Bertz CT molecular complexity index is 634. The van der Waals surface area contributed by atoms with Crippen LogP contribution in [0.4, 0.5) is 9.18 Å². The minimum absolute atomic E-state index is 0.0469. The summed E-state index contributed by atoms with van der Waals surface area (Å²) in [4.78, 5) is 28.6. The zero-order valence-corrected chi connectivity index (χ0v) is 14.9. The summed E-state index contributed by atoms with van der Waals surface area (Å²) < 4.78 is 18.6. The highest BCUT2D eigenvalue weighted by Gasteiger charge is 2.27. The van der Waals surface area contributed by atoms with Gasteiger partial charge in [0, 0.05) is 19.6 Å². The van der Waals surface area contributed by atoms with E-state index >= 15 is 0 Å². The number of hydrogen-bond acceptors (Lipinski definition) is 4. The van der Waals surface area contributed by atoms with Gasteiger partial charge in [-0.05, 0) is 38.1 Å². The molecule has 0 radical (unpaired) electrons. The van der Waals surface area contributed by atoms with E-state index in [0.29, 0.717) is 31.3 Å². The second kappa shape index (κ2) is 9.59. The van der Waals surface area contributed by atoms with E-state index in [-0.39, 0.29) is 36.9 Å². The van der Waals surface area contributed by atoms with Gasteiger partial charge in [0.1, 0.15) is 17.7 Å². The Morgan fingerprint density at radius 2 is 2.08 bits per heavy atom. The fraction of sp³-hybridized carbons (Fsp3) is 0.471. The van der Waals surface area contributed by atoms with Gasteiger partial charge in [-0.1, -0.05) is 0 Å². The molecule has 0 saturated carbocycles. The first-order valence-corrected chi connectivity index (χ1v) is 8.52. The number of rotatable bonds is 8. The van der Waals surface area contributed by atoms with Crippen LogP contribution in [0.3, 0.4) is 0 Å². The highest BCUT2D eigenvalue weighted by atomic mass is 19.1. The van der Waals surface area contributed by atoms with Crippen LogP contribution in [-0.2, 0) is 4.79 Å². The van der Waals surface area contributed by atoms with Crippen LogP contribution in [0.25, 0.3) is 0 Å². The van der Waals surface area contributed by atoms with E-state index in [2.05, 4.69) is 20.9 Å². The Balaban J connectivity index is 1.80. The summed E-state index contributed by atoms with van der Waals surface area (Å²) in [6.45, 7) is 5.55. The largest absolute Gasteiger partial charge is 0.489 e. The maximum Gasteiger partial charge on any atom is 0.324 e. The van der Waals surface area contributed by atoms with Gasteiger partial charge in [0.2, 0.25) is 5.91 Å². The molecule has 2 rings (SSSR count). The number of imide groups is 1. The lowest BCUT2D eigenvalue weighted by atomic mass is 10.3. The maximum absolute atomic E-state index is 12.9. The van der Waals surface area contributed by atoms with E-state index in [4.69, 9.17) is 4.74 Å². The zero-order valence-electron chi connectivity index (χ0n) is 14.9. The van der Waals surface area contributed by atoms with Crippen LogP contribution in [0.15, 0.2) is 29.3 Å². The van der Waals surface area contributed by atoms with Gasteiger partial charge in [0.05, 0.1) is 13.1 Å². The van der Waals surface area contributed by atoms with Gasteiger partial charge in [-0.3, -0.25) is 9.69 Å². The Labute approximate surface area is 151 Å². The lowest BCUT2D eigenvalue weighted by Gasteiger charge is -2.17. The van der Waals surface area contributed by atoms with Crippen molar-refractivity contribution in [3.8, 4) is 5.75 Å². The summed E-state index contributed by atoms with van der Waals surface area (Å²) in [7, 11) is 0. The predicted octanol–water partition coefficient (Wildman–Crippen LogP) is 0.700. The van der Waals surface area contributed by atoms with E-state index in [1.165, 1.54) is 12.1 Å². The number of benzene rings is 1. The molecule has 1 heterocycles. The second-order valence-corrected chi connectivity index (χ2v) is 5.73. The fourth-order valence-corrected chi connectivity index (χ4v) is 2.31. The van der Waals surface area contributed by atoms with E-state index in [9.17, 15) is 14.0 Å². The monoisotopic (exact) mass is 365 g/mol. The molecule has 3 N–H and O–H groups in total. The number of guanidine groups is 1. The predicted molar refractivity (Wildman–Crippen MR) is 95.6 cm³/mol. The first kappa shape index (κ1) is 19.5. The molecule has 1 unspecified atom stereocenters. The third kappa shape index (κ3) is 5.91. The number of carbonyl (C=O) groups excluding carboxylic acids is 2. The fourth-order valence-electron chi connectivity index (χ4n) is 2.31. The lowest BCUT2D eigenvalue weighted by Crippen LogP contribution is -2.43. The molecular formula is C17H24FN5O3. The first-order valence-electron chi connectivity index (χ1n) is 8.52. The van der Waals surface area contributed by atoms with Gasteiger partial charge in [0.15, 0.2) is 5.96 Å². The lowest BCUT2D eigenvalue weighted by molar-refractivity contribution is -0.124. The van der Waals surface area contributed by atoms with Gasteiger partial charge in [-0.15, -0.1) is 0 Å². The van der Waals surface area contributed by atoms with Gasteiger partial charge >= 0.3 is 6.03 Å². The summed E-state index contributed by atoms with van der Waals surface area (Å²) in [5.41, 5.74) is 0. The van der Waals surface area contributed by atoms with Crippen LogP contribution in [0.2, 0.25) is 0 Å². The Hall–Kier alpha value is -2.84. The molecule has 3 amide bonds. The van der Waals surface area contributed by atoms with Gasteiger partial charge in [0.25, 0.3) is 0 Å². The summed E-state index contributed by atoms with van der Waals surface area (Å²) in [5.74, 6) is 0.589. The Morgan fingerprint density at radius 3 is 2.69 bits per heavy atom. The van der Waals surface area contributed by atoms with Crippen LogP contribution in [-0.4, -0.2) is 61.6 Å². The van der Waals surface area contributed by atoms with Crippen molar-refractivity contribution in [3.05, 3.63) is 30.1 Å². The highest BCUT2D eigenvalue weighted by Crippen LogP contribution is 2.13. The average molecular weight is 365 g/mol. The number of aliphatic imine (C=N–C) groups is 1. The zero-order chi connectivity index (χ0) is 18.9. The second-order valence-electron chi connectivity index (χ2n) is 5.73. The van der Waals surface area contributed by atoms with Crippen LogP contribution in [0.1, 0.15) is 13.8 Å². The topological polar surface area (TPSA) is 95.1 Å². The first-order chi connectivity index (χ1) is 12.5. The van der Waals surface area contributed by atoms with Crippen molar-refractivity contribution >= 4 is 17.9 Å². The number of halogens is 1. The van der Waals surface area contributed by atoms with E-state index < -0.39 is 0 Å². The van der Waals surface area contributed by atoms with Gasteiger partial charge in [-0.25, -0.2) is 14.2 Å².